The third-order valence-electron chi connectivity index (χ3n) is 2.09. The topological polar surface area (TPSA) is 57.6 Å². The van der Waals surface area contributed by atoms with Gasteiger partial charge in [-0.3, -0.25) is 4.55 Å². The monoisotopic (exact) mass is 179 g/mol. The van der Waals surface area contributed by atoms with Gasteiger partial charge in [-0.05, 0) is 19.3 Å². The normalized spacial score (nSPS) is 27.6. The molecule has 1 N–H and O–H groups in total. The van der Waals surface area contributed by atoms with Crippen molar-refractivity contribution >= 4 is 10.3 Å². The second-order valence-corrected chi connectivity index (χ2v) is 4.16. The van der Waals surface area contributed by atoms with E-state index in [1.807, 2.05) is 6.92 Å². The minimum Gasteiger partial charge on any atom is -0.273 e. The molecule has 0 spiro atoms. The van der Waals surface area contributed by atoms with E-state index in [0.717, 1.165) is 19.3 Å². The number of nitrogens with zero attached hydrogens (tertiary/aromatic N) is 1. The Morgan fingerprint density at radius 2 is 2.27 bits per heavy atom. The Labute approximate surface area is 67.1 Å². The summed E-state index contributed by atoms with van der Waals surface area (Å²) in [6, 6.07) is 0.0185. The van der Waals surface area contributed by atoms with E-state index in [0.29, 0.717) is 6.54 Å². The lowest BCUT2D eigenvalue weighted by Crippen LogP contribution is -2.34. The predicted octanol–water partition coefficient (Wildman–Crippen LogP) is 0.664. The van der Waals surface area contributed by atoms with Gasteiger partial charge in [0, 0.05) is 12.6 Å². The summed E-state index contributed by atoms with van der Waals surface area (Å²) in [5.41, 5.74) is 0. The van der Waals surface area contributed by atoms with Gasteiger partial charge >= 0.3 is 10.3 Å². The van der Waals surface area contributed by atoms with Crippen LogP contribution in [-0.2, 0) is 10.3 Å². The van der Waals surface area contributed by atoms with Crippen LogP contribution in [0.3, 0.4) is 0 Å². The molecule has 1 unspecified atom stereocenters. The van der Waals surface area contributed by atoms with E-state index >= 15 is 0 Å². The van der Waals surface area contributed by atoms with Crippen LogP contribution in [0.5, 0.6) is 0 Å². The number of hydrogen-bond donors (Lipinski definition) is 1. The fraction of sp³-hybridized carbons (Fsp3) is 1.00. The first kappa shape index (κ1) is 8.96. The number of hydrogen-bond acceptors (Lipinski definition) is 2. The van der Waals surface area contributed by atoms with Crippen molar-refractivity contribution in [1.29, 1.82) is 0 Å². The molecule has 1 fully saturated rings. The smallest absolute Gasteiger partial charge is 0.273 e. The van der Waals surface area contributed by atoms with Crippen LogP contribution in [0.15, 0.2) is 0 Å². The van der Waals surface area contributed by atoms with Crippen LogP contribution in [0.1, 0.15) is 26.2 Å². The SMILES string of the molecule is CCC1CCCN1S(=O)(=O)O. The second kappa shape index (κ2) is 3.08. The van der Waals surface area contributed by atoms with Gasteiger partial charge < -0.3 is 0 Å². The Morgan fingerprint density at radius 3 is 2.64 bits per heavy atom. The fourth-order valence-electron chi connectivity index (χ4n) is 1.52. The number of rotatable bonds is 2. The van der Waals surface area contributed by atoms with Gasteiger partial charge in [0.2, 0.25) is 0 Å². The lowest BCUT2D eigenvalue weighted by molar-refractivity contribution is 0.330. The van der Waals surface area contributed by atoms with Crippen molar-refractivity contribution in [3.63, 3.8) is 0 Å². The van der Waals surface area contributed by atoms with Crippen LogP contribution in [-0.4, -0.2) is 29.9 Å². The standard InChI is InChI=1S/C6H13NO3S/c1-2-6-4-3-5-7(6)11(8,9)10/h6H,2-5H2,1H3,(H,8,9,10). The van der Waals surface area contributed by atoms with Crippen LogP contribution in [0.4, 0.5) is 0 Å². The van der Waals surface area contributed by atoms with Gasteiger partial charge in [0.15, 0.2) is 0 Å². The van der Waals surface area contributed by atoms with E-state index in [9.17, 15) is 8.42 Å². The van der Waals surface area contributed by atoms with Crippen LogP contribution >= 0.6 is 0 Å². The van der Waals surface area contributed by atoms with Gasteiger partial charge in [0.05, 0.1) is 0 Å². The molecule has 4 nitrogen and oxygen atoms in total. The molecule has 1 aliphatic rings. The Kier molecular flexibility index (Phi) is 2.51. The van der Waals surface area contributed by atoms with E-state index < -0.39 is 10.3 Å². The van der Waals surface area contributed by atoms with Crippen molar-refractivity contribution < 1.29 is 13.0 Å². The zero-order valence-corrected chi connectivity index (χ0v) is 7.34. The zero-order chi connectivity index (χ0) is 8.48. The van der Waals surface area contributed by atoms with E-state index in [-0.39, 0.29) is 6.04 Å². The van der Waals surface area contributed by atoms with Gasteiger partial charge in [-0.15, -0.1) is 0 Å². The van der Waals surface area contributed by atoms with Crippen molar-refractivity contribution in [2.24, 2.45) is 0 Å². The van der Waals surface area contributed by atoms with Gasteiger partial charge in [-0.1, -0.05) is 6.92 Å². The highest BCUT2D eigenvalue weighted by Crippen LogP contribution is 2.21. The molecule has 11 heavy (non-hydrogen) atoms. The largest absolute Gasteiger partial charge is 0.336 e. The van der Waals surface area contributed by atoms with Crippen molar-refractivity contribution in [2.45, 2.75) is 32.2 Å². The lowest BCUT2D eigenvalue weighted by Gasteiger charge is -2.18. The molecule has 66 valence electrons. The summed E-state index contributed by atoms with van der Waals surface area (Å²) in [6.45, 7) is 2.39. The first-order valence-corrected chi connectivity index (χ1v) is 5.19. The fourth-order valence-corrected chi connectivity index (χ4v) is 2.51. The van der Waals surface area contributed by atoms with Crippen molar-refractivity contribution in [3.05, 3.63) is 0 Å². The Bertz CT molecular complexity index is 224. The molecular formula is C6H13NO3S. The summed E-state index contributed by atoms with van der Waals surface area (Å²) < 4.78 is 31.3. The molecule has 0 saturated carbocycles. The molecule has 1 aliphatic heterocycles. The predicted molar refractivity (Wildman–Crippen MR) is 41.6 cm³/mol. The summed E-state index contributed by atoms with van der Waals surface area (Å²) in [5.74, 6) is 0. The molecule has 0 aliphatic carbocycles. The van der Waals surface area contributed by atoms with Gasteiger partial charge in [-0.25, -0.2) is 0 Å². The molecule has 0 aromatic heterocycles. The lowest BCUT2D eigenvalue weighted by atomic mass is 10.2. The Morgan fingerprint density at radius 1 is 1.64 bits per heavy atom. The highest BCUT2D eigenvalue weighted by atomic mass is 32.2. The molecule has 1 heterocycles. The molecule has 0 aromatic rings. The van der Waals surface area contributed by atoms with E-state index in [2.05, 4.69) is 0 Å². The van der Waals surface area contributed by atoms with Crippen LogP contribution in [0, 0.1) is 0 Å². The second-order valence-electron chi connectivity index (χ2n) is 2.79. The molecule has 1 saturated heterocycles. The first-order chi connectivity index (χ1) is 5.05. The van der Waals surface area contributed by atoms with Gasteiger partial charge in [0.1, 0.15) is 0 Å². The molecular weight excluding hydrogens is 166 g/mol. The molecule has 0 bridgehead atoms. The van der Waals surface area contributed by atoms with Crippen LogP contribution in [0.2, 0.25) is 0 Å². The van der Waals surface area contributed by atoms with E-state index in [4.69, 9.17) is 4.55 Å². The minimum atomic E-state index is -3.93. The average Bonchev–Trinajstić information content (AvgIpc) is 2.31. The highest BCUT2D eigenvalue weighted by Gasteiger charge is 2.31. The molecule has 0 radical (unpaired) electrons. The van der Waals surface area contributed by atoms with Gasteiger partial charge in [0.25, 0.3) is 0 Å². The molecule has 0 aromatic carbocycles. The molecule has 1 atom stereocenters. The molecule has 5 heteroatoms. The minimum absolute atomic E-state index is 0.0185. The van der Waals surface area contributed by atoms with Gasteiger partial charge in [-0.2, -0.15) is 12.7 Å². The van der Waals surface area contributed by atoms with E-state index in [1.165, 1.54) is 4.31 Å². The van der Waals surface area contributed by atoms with Crippen molar-refractivity contribution in [1.82, 2.24) is 4.31 Å². The van der Waals surface area contributed by atoms with Crippen molar-refractivity contribution in [3.8, 4) is 0 Å². The summed E-state index contributed by atoms with van der Waals surface area (Å²) in [7, 11) is -3.93. The summed E-state index contributed by atoms with van der Waals surface area (Å²) >= 11 is 0. The maximum Gasteiger partial charge on any atom is 0.336 e. The first-order valence-electron chi connectivity index (χ1n) is 3.80. The van der Waals surface area contributed by atoms with E-state index in [1.54, 1.807) is 0 Å². The summed E-state index contributed by atoms with van der Waals surface area (Å²) in [4.78, 5) is 0. The Balaban J connectivity index is 2.72. The highest BCUT2D eigenvalue weighted by molar-refractivity contribution is 7.83. The summed E-state index contributed by atoms with van der Waals surface area (Å²) in [5, 5.41) is 0. The molecule has 1 rings (SSSR count). The maximum atomic E-state index is 10.7. The third-order valence-corrected chi connectivity index (χ3v) is 3.16. The van der Waals surface area contributed by atoms with Crippen LogP contribution < -0.4 is 0 Å². The zero-order valence-electron chi connectivity index (χ0n) is 6.52. The summed E-state index contributed by atoms with van der Waals surface area (Å²) in [6.07, 6.45) is 2.51. The quantitative estimate of drug-likeness (QED) is 0.634. The Hall–Kier alpha value is -0.130. The third kappa shape index (κ3) is 1.91. The molecule has 0 amide bonds. The van der Waals surface area contributed by atoms with Crippen LogP contribution in [0.25, 0.3) is 0 Å². The maximum absolute atomic E-state index is 10.7. The van der Waals surface area contributed by atoms with Crippen molar-refractivity contribution in [2.75, 3.05) is 6.54 Å². The average molecular weight is 179 g/mol.